The molecule has 0 radical (unpaired) electrons. The molecule has 0 saturated carbocycles. The molecular weight excluding hydrogens is 220 g/mol. The Bertz CT molecular complexity index is 389. The number of carbonyl (C=O) groups is 1. The Hall–Kier alpha value is -1.62. The SMILES string of the molecule is CCC(C)(CO)Nc1ncccc1C(=O)OC. The number of rotatable bonds is 5. The van der Waals surface area contributed by atoms with Crippen LogP contribution in [0.3, 0.4) is 0 Å². The minimum atomic E-state index is -0.503. The van der Waals surface area contributed by atoms with Crippen molar-refractivity contribution in [2.45, 2.75) is 25.8 Å². The molecule has 1 rings (SSSR count). The summed E-state index contributed by atoms with van der Waals surface area (Å²) in [6.07, 6.45) is 2.29. The van der Waals surface area contributed by atoms with E-state index in [-0.39, 0.29) is 6.61 Å². The van der Waals surface area contributed by atoms with Crippen molar-refractivity contribution in [3.8, 4) is 0 Å². The van der Waals surface area contributed by atoms with Crippen molar-refractivity contribution in [2.75, 3.05) is 19.0 Å². The zero-order valence-electron chi connectivity index (χ0n) is 10.4. The number of pyridine rings is 1. The Morgan fingerprint density at radius 2 is 2.35 bits per heavy atom. The second-order valence-electron chi connectivity index (χ2n) is 4.09. The van der Waals surface area contributed by atoms with Crippen LogP contribution in [0, 0.1) is 0 Å². The molecule has 2 N–H and O–H groups in total. The second kappa shape index (κ2) is 5.63. The largest absolute Gasteiger partial charge is 0.465 e. The first-order valence-corrected chi connectivity index (χ1v) is 5.48. The highest BCUT2D eigenvalue weighted by molar-refractivity contribution is 5.94. The number of anilines is 1. The second-order valence-corrected chi connectivity index (χ2v) is 4.09. The molecule has 0 amide bonds. The molecule has 17 heavy (non-hydrogen) atoms. The van der Waals surface area contributed by atoms with Crippen molar-refractivity contribution in [3.05, 3.63) is 23.9 Å². The van der Waals surface area contributed by atoms with Crippen LogP contribution >= 0.6 is 0 Å². The molecule has 0 aliphatic carbocycles. The molecule has 0 bridgehead atoms. The van der Waals surface area contributed by atoms with Gasteiger partial charge in [0.25, 0.3) is 0 Å². The molecule has 0 aromatic carbocycles. The molecule has 0 saturated heterocycles. The molecule has 0 spiro atoms. The van der Waals surface area contributed by atoms with E-state index in [0.717, 1.165) is 0 Å². The van der Waals surface area contributed by atoms with Crippen molar-refractivity contribution in [1.29, 1.82) is 0 Å². The lowest BCUT2D eigenvalue weighted by atomic mass is 10.00. The van der Waals surface area contributed by atoms with E-state index in [1.54, 1.807) is 18.3 Å². The van der Waals surface area contributed by atoms with Gasteiger partial charge in [-0.3, -0.25) is 0 Å². The van der Waals surface area contributed by atoms with E-state index in [9.17, 15) is 9.90 Å². The number of methoxy groups -OCH3 is 1. The van der Waals surface area contributed by atoms with Crippen LogP contribution in [0.5, 0.6) is 0 Å². The van der Waals surface area contributed by atoms with Crippen LogP contribution in [0.4, 0.5) is 5.82 Å². The minimum absolute atomic E-state index is 0.0410. The molecular formula is C12H18N2O3. The van der Waals surface area contributed by atoms with Crippen molar-refractivity contribution in [2.24, 2.45) is 0 Å². The molecule has 1 aromatic rings. The van der Waals surface area contributed by atoms with E-state index in [1.807, 2.05) is 13.8 Å². The number of carbonyl (C=O) groups excluding carboxylic acids is 1. The quantitative estimate of drug-likeness (QED) is 0.759. The highest BCUT2D eigenvalue weighted by Gasteiger charge is 2.23. The summed E-state index contributed by atoms with van der Waals surface area (Å²) in [6, 6.07) is 3.30. The van der Waals surface area contributed by atoms with Crippen LogP contribution in [-0.4, -0.2) is 35.3 Å². The molecule has 5 heteroatoms. The topological polar surface area (TPSA) is 71.5 Å². The van der Waals surface area contributed by atoms with Crippen molar-refractivity contribution < 1.29 is 14.6 Å². The molecule has 0 aliphatic heterocycles. The van der Waals surface area contributed by atoms with Crippen LogP contribution in [-0.2, 0) is 4.74 Å². The van der Waals surface area contributed by atoms with Crippen molar-refractivity contribution in [3.63, 3.8) is 0 Å². The molecule has 5 nitrogen and oxygen atoms in total. The lowest BCUT2D eigenvalue weighted by Crippen LogP contribution is -2.38. The van der Waals surface area contributed by atoms with Crippen LogP contribution in [0.15, 0.2) is 18.3 Å². The molecule has 1 aromatic heterocycles. The fraction of sp³-hybridized carbons (Fsp3) is 0.500. The van der Waals surface area contributed by atoms with E-state index in [2.05, 4.69) is 15.0 Å². The Morgan fingerprint density at radius 3 is 2.88 bits per heavy atom. The Labute approximate surface area is 101 Å². The van der Waals surface area contributed by atoms with Gasteiger partial charge in [-0.2, -0.15) is 0 Å². The van der Waals surface area contributed by atoms with Gasteiger partial charge in [-0.05, 0) is 25.5 Å². The first kappa shape index (κ1) is 13.4. The number of ether oxygens (including phenoxy) is 1. The van der Waals surface area contributed by atoms with Crippen LogP contribution in [0.25, 0.3) is 0 Å². The van der Waals surface area contributed by atoms with Crippen LogP contribution < -0.4 is 5.32 Å². The van der Waals surface area contributed by atoms with Gasteiger partial charge < -0.3 is 15.2 Å². The number of esters is 1. The molecule has 94 valence electrons. The Kier molecular flexibility index (Phi) is 4.45. The number of nitrogens with one attached hydrogen (secondary N) is 1. The van der Waals surface area contributed by atoms with E-state index in [1.165, 1.54) is 7.11 Å². The van der Waals surface area contributed by atoms with Gasteiger partial charge in [0.05, 0.1) is 19.3 Å². The average Bonchev–Trinajstić information content (AvgIpc) is 2.38. The van der Waals surface area contributed by atoms with E-state index >= 15 is 0 Å². The number of hydrogen-bond donors (Lipinski definition) is 2. The molecule has 0 aliphatic rings. The summed E-state index contributed by atoms with van der Waals surface area (Å²) in [4.78, 5) is 15.6. The highest BCUT2D eigenvalue weighted by atomic mass is 16.5. The summed E-state index contributed by atoms with van der Waals surface area (Å²) < 4.78 is 4.68. The lowest BCUT2D eigenvalue weighted by Gasteiger charge is -2.28. The fourth-order valence-electron chi connectivity index (χ4n) is 1.31. The third-order valence-corrected chi connectivity index (χ3v) is 2.76. The van der Waals surface area contributed by atoms with Crippen molar-refractivity contribution >= 4 is 11.8 Å². The number of nitrogens with zero attached hydrogens (tertiary/aromatic N) is 1. The predicted octanol–water partition coefficient (Wildman–Crippen LogP) is 1.44. The Balaban J connectivity index is 3.02. The number of aromatic nitrogens is 1. The normalized spacial score (nSPS) is 13.9. The average molecular weight is 238 g/mol. The highest BCUT2D eigenvalue weighted by Crippen LogP contribution is 2.20. The maximum absolute atomic E-state index is 11.5. The number of aliphatic hydroxyl groups is 1. The third-order valence-electron chi connectivity index (χ3n) is 2.76. The summed E-state index contributed by atoms with van der Waals surface area (Å²) >= 11 is 0. The summed E-state index contributed by atoms with van der Waals surface area (Å²) in [5, 5.41) is 12.4. The zero-order chi connectivity index (χ0) is 12.9. The maximum Gasteiger partial charge on any atom is 0.341 e. The summed E-state index contributed by atoms with van der Waals surface area (Å²) in [5.41, 5.74) is -0.139. The monoisotopic (exact) mass is 238 g/mol. The summed E-state index contributed by atoms with van der Waals surface area (Å²) in [5.74, 6) is -0.0188. The fourth-order valence-corrected chi connectivity index (χ4v) is 1.31. The van der Waals surface area contributed by atoms with Gasteiger partial charge in [-0.25, -0.2) is 9.78 Å². The number of hydrogen-bond acceptors (Lipinski definition) is 5. The van der Waals surface area contributed by atoms with Gasteiger partial charge in [0, 0.05) is 6.20 Å². The minimum Gasteiger partial charge on any atom is -0.465 e. The predicted molar refractivity (Wildman–Crippen MR) is 65.0 cm³/mol. The molecule has 1 unspecified atom stereocenters. The number of aliphatic hydroxyl groups excluding tert-OH is 1. The summed E-state index contributed by atoms with van der Waals surface area (Å²) in [6.45, 7) is 3.77. The zero-order valence-corrected chi connectivity index (χ0v) is 10.4. The Morgan fingerprint density at radius 1 is 1.65 bits per heavy atom. The van der Waals surface area contributed by atoms with Gasteiger partial charge in [0.2, 0.25) is 0 Å². The molecule has 1 atom stereocenters. The van der Waals surface area contributed by atoms with E-state index in [0.29, 0.717) is 17.8 Å². The van der Waals surface area contributed by atoms with Crippen molar-refractivity contribution in [1.82, 2.24) is 4.98 Å². The maximum atomic E-state index is 11.5. The van der Waals surface area contributed by atoms with E-state index < -0.39 is 11.5 Å². The van der Waals surface area contributed by atoms with Gasteiger partial charge in [-0.15, -0.1) is 0 Å². The smallest absolute Gasteiger partial charge is 0.341 e. The third kappa shape index (κ3) is 3.17. The summed E-state index contributed by atoms with van der Waals surface area (Å²) in [7, 11) is 1.32. The van der Waals surface area contributed by atoms with Gasteiger partial charge >= 0.3 is 5.97 Å². The van der Waals surface area contributed by atoms with E-state index in [4.69, 9.17) is 0 Å². The molecule has 0 fully saturated rings. The standard InChI is InChI=1S/C12H18N2O3/c1-4-12(2,8-15)14-10-9(11(16)17-3)6-5-7-13-10/h5-7,15H,4,8H2,1-3H3,(H,13,14). The van der Waals surface area contributed by atoms with Crippen LogP contribution in [0.1, 0.15) is 30.6 Å². The first-order valence-electron chi connectivity index (χ1n) is 5.48. The van der Waals surface area contributed by atoms with Gasteiger partial charge in [0.1, 0.15) is 11.4 Å². The van der Waals surface area contributed by atoms with Gasteiger partial charge in [0.15, 0.2) is 0 Å². The van der Waals surface area contributed by atoms with Crippen LogP contribution in [0.2, 0.25) is 0 Å². The molecule has 1 heterocycles. The first-order chi connectivity index (χ1) is 8.06. The lowest BCUT2D eigenvalue weighted by molar-refractivity contribution is 0.0601. The van der Waals surface area contributed by atoms with Gasteiger partial charge in [-0.1, -0.05) is 6.92 Å².